The minimum atomic E-state index is -0.638. The number of nitrogens with one attached hydrogen (secondary N) is 2. The second-order valence-corrected chi connectivity index (χ2v) is 5.29. The van der Waals surface area contributed by atoms with E-state index in [1.54, 1.807) is 24.5 Å². The van der Waals surface area contributed by atoms with Crippen LogP contribution in [0.3, 0.4) is 0 Å². The largest absolute Gasteiger partial charge is 0.386 e. The molecular formula is C18H24N4O. The highest BCUT2D eigenvalue weighted by atomic mass is 16.3. The number of pyridine rings is 1. The van der Waals surface area contributed by atoms with E-state index in [9.17, 15) is 5.11 Å². The van der Waals surface area contributed by atoms with Gasteiger partial charge in [0.25, 0.3) is 0 Å². The van der Waals surface area contributed by atoms with Gasteiger partial charge in [0.2, 0.25) is 0 Å². The van der Waals surface area contributed by atoms with Crippen LogP contribution in [0.4, 0.5) is 0 Å². The maximum atomic E-state index is 10.2. The van der Waals surface area contributed by atoms with E-state index < -0.39 is 6.10 Å². The Labute approximate surface area is 137 Å². The van der Waals surface area contributed by atoms with Crippen LogP contribution in [-0.4, -0.2) is 29.1 Å². The van der Waals surface area contributed by atoms with E-state index in [0.29, 0.717) is 12.5 Å². The molecule has 0 fully saturated rings. The van der Waals surface area contributed by atoms with Crippen molar-refractivity contribution in [3.8, 4) is 0 Å². The average Bonchev–Trinajstić information content (AvgIpc) is 2.61. The van der Waals surface area contributed by atoms with Gasteiger partial charge >= 0.3 is 0 Å². The predicted octanol–water partition coefficient (Wildman–Crippen LogP) is 2.43. The van der Waals surface area contributed by atoms with E-state index >= 15 is 0 Å². The molecule has 0 bridgehead atoms. The molecule has 0 saturated carbocycles. The second kappa shape index (κ2) is 8.90. The van der Waals surface area contributed by atoms with Crippen LogP contribution in [-0.2, 0) is 0 Å². The highest BCUT2D eigenvalue weighted by Crippen LogP contribution is 2.12. The summed E-state index contributed by atoms with van der Waals surface area (Å²) >= 11 is 0. The first-order valence-electron chi connectivity index (χ1n) is 7.88. The predicted molar refractivity (Wildman–Crippen MR) is 93.2 cm³/mol. The van der Waals surface area contributed by atoms with Crippen LogP contribution in [0, 0.1) is 0 Å². The molecule has 122 valence electrons. The monoisotopic (exact) mass is 312 g/mol. The van der Waals surface area contributed by atoms with Crippen molar-refractivity contribution < 1.29 is 5.11 Å². The van der Waals surface area contributed by atoms with Gasteiger partial charge in [-0.2, -0.15) is 0 Å². The molecule has 1 aromatic heterocycles. The van der Waals surface area contributed by atoms with Gasteiger partial charge in [0.05, 0.1) is 18.7 Å². The van der Waals surface area contributed by atoms with Crippen molar-refractivity contribution in [2.45, 2.75) is 26.0 Å². The highest BCUT2D eigenvalue weighted by Gasteiger charge is 2.09. The SMILES string of the molecule is CCNC(=NCC(O)c1ccncc1)NC(C)c1ccccc1. The zero-order chi connectivity index (χ0) is 16.5. The average molecular weight is 312 g/mol. The molecular weight excluding hydrogens is 288 g/mol. The summed E-state index contributed by atoms with van der Waals surface area (Å²) in [6.45, 7) is 5.16. The summed E-state index contributed by atoms with van der Waals surface area (Å²) in [5.41, 5.74) is 2.00. The molecule has 0 aliphatic carbocycles. The molecule has 0 spiro atoms. The fourth-order valence-electron chi connectivity index (χ4n) is 2.22. The molecule has 3 N–H and O–H groups in total. The zero-order valence-corrected chi connectivity index (χ0v) is 13.6. The van der Waals surface area contributed by atoms with Gasteiger partial charge in [-0.1, -0.05) is 30.3 Å². The molecule has 0 aliphatic rings. The normalized spacial score (nSPS) is 14.1. The molecule has 5 nitrogen and oxygen atoms in total. The van der Waals surface area contributed by atoms with Crippen molar-refractivity contribution >= 4 is 5.96 Å². The van der Waals surface area contributed by atoms with Gasteiger partial charge in [-0.05, 0) is 37.1 Å². The van der Waals surface area contributed by atoms with Crippen molar-refractivity contribution in [3.63, 3.8) is 0 Å². The van der Waals surface area contributed by atoms with Crippen LogP contribution in [0.1, 0.15) is 37.1 Å². The van der Waals surface area contributed by atoms with Gasteiger partial charge in [0.15, 0.2) is 5.96 Å². The summed E-state index contributed by atoms with van der Waals surface area (Å²) in [6.07, 6.45) is 2.70. The topological polar surface area (TPSA) is 69.5 Å². The Kier molecular flexibility index (Phi) is 6.56. The summed E-state index contributed by atoms with van der Waals surface area (Å²) in [5.74, 6) is 0.692. The lowest BCUT2D eigenvalue weighted by Gasteiger charge is -2.18. The Bertz CT molecular complexity index is 601. The lowest BCUT2D eigenvalue weighted by Crippen LogP contribution is -2.39. The van der Waals surface area contributed by atoms with Crippen molar-refractivity contribution in [2.24, 2.45) is 4.99 Å². The van der Waals surface area contributed by atoms with E-state index in [1.165, 1.54) is 5.56 Å². The number of nitrogens with zero attached hydrogens (tertiary/aromatic N) is 2. The number of rotatable bonds is 6. The van der Waals surface area contributed by atoms with Gasteiger partial charge in [-0.15, -0.1) is 0 Å². The minimum absolute atomic E-state index is 0.132. The number of hydrogen-bond donors (Lipinski definition) is 3. The Morgan fingerprint density at radius 1 is 1.13 bits per heavy atom. The number of aliphatic hydroxyl groups excluding tert-OH is 1. The molecule has 0 saturated heterocycles. The number of guanidine groups is 1. The molecule has 0 aliphatic heterocycles. The first-order chi connectivity index (χ1) is 11.2. The van der Waals surface area contributed by atoms with Crippen LogP contribution >= 0.6 is 0 Å². The van der Waals surface area contributed by atoms with Crippen molar-refractivity contribution in [3.05, 3.63) is 66.0 Å². The second-order valence-electron chi connectivity index (χ2n) is 5.29. The highest BCUT2D eigenvalue weighted by molar-refractivity contribution is 5.80. The first-order valence-corrected chi connectivity index (χ1v) is 7.88. The quantitative estimate of drug-likeness (QED) is 0.566. The molecule has 5 heteroatoms. The third-order valence-corrected chi connectivity index (χ3v) is 3.51. The molecule has 2 unspecified atom stereocenters. The molecule has 0 radical (unpaired) electrons. The molecule has 1 heterocycles. The number of hydrogen-bond acceptors (Lipinski definition) is 3. The lowest BCUT2D eigenvalue weighted by atomic mass is 10.1. The number of aliphatic imine (C=N–C) groups is 1. The van der Waals surface area contributed by atoms with E-state index in [1.807, 2.05) is 25.1 Å². The number of benzene rings is 1. The molecule has 0 amide bonds. The minimum Gasteiger partial charge on any atom is -0.386 e. The molecule has 2 aromatic rings. The van der Waals surface area contributed by atoms with Crippen molar-refractivity contribution in [1.29, 1.82) is 0 Å². The lowest BCUT2D eigenvalue weighted by molar-refractivity contribution is 0.187. The van der Waals surface area contributed by atoms with Gasteiger partial charge in [0, 0.05) is 18.9 Å². The summed E-state index contributed by atoms with van der Waals surface area (Å²) in [5, 5.41) is 16.8. The molecule has 2 rings (SSSR count). The van der Waals surface area contributed by atoms with Crippen LogP contribution < -0.4 is 10.6 Å². The van der Waals surface area contributed by atoms with Crippen molar-refractivity contribution in [1.82, 2.24) is 15.6 Å². The number of aliphatic hydroxyl groups is 1. The summed E-state index contributed by atoms with van der Waals surface area (Å²) < 4.78 is 0. The van der Waals surface area contributed by atoms with Crippen molar-refractivity contribution in [2.75, 3.05) is 13.1 Å². The molecule has 1 aromatic carbocycles. The summed E-state index contributed by atoms with van der Waals surface area (Å²) in [6, 6.07) is 13.9. The smallest absolute Gasteiger partial charge is 0.191 e. The van der Waals surface area contributed by atoms with Crippen LogP contribution in [0.15, 0.2) is 59.9 Å². The Balaban J connectivity index is 2.00. The Morgan fingerprint density at radius 3 is 2.48 bits per heavy atom. The van der Waals surface area contributed by atoms with E-state index in [2.05, 4.69) is 39.7 Å². The number of aromatic nitrogens is 1. The van der Waals surface area contributed by atoms with E-state index in [-0.39, 0.29) is 6.04 Å². The third kappa shape index (κ3) is 5.38. The molecule has 2 atom stereocenters. The fraction of sp³-hybridized carbons (Fsp3) is 0.333. The van der Waals surface area contributed by atoms with Gasteiger partial charge in [-0.25, -0.2) is 0 Å². The van der Waals surface area contributed by atoms with E-state index in [0.717, 1.165) is 12.1 Å². The van der Waals surface area contributed by atoms with Crippen LogP contribution in [0.2, 0.25) is 0 Å². The summed E-state index contributed by atoms with van der Waals surface area (Å²) in [7, 11) is 0. The summed E-state index contributed by atoms with van der Waals surface area (Å²) in [4.78, 5) is 8.43. The zero-order valence-electron chi connectivity index (χ0n) is 13.6. The van der Waals surface area contributed by atoms with E-state index in [4.69, 9.17) is 0 Å². The van der Waals surface area contributed by atoms with Crippen LogP contribution in [0.25, 0.3) is 0 Å². The fourth-order valence-corrected chi connectivity index (χ4v) is 2.22. The van der Waals surface area contributed by atoms with Gasteiger partial charge < -0.3 is 15.7 Å². The Hall–Kier alpha value is -2.40. The van der Waals surface area contributed by atoms with Gasteiger partial charge in [-0.3, -0.25) is 9.98 Å². The van der Waals surface area contributed by atoms with Crippen LogP contribution in [0.5, 0.6) is 0 Å². The maximum Gasteiger partial charge on any atom is 0.191 e. The van der Waals surface area contributed by atoms with Gasteiger partial charge in [0.1, 0.15) is 0 Å². The third-order valence-electron chi connectivity index (χ3n) is 3.51. The molecule has 23 heavy (non-hydrogen) atoms. The first kappa shape index (κ1) is 17.0. The Morgan fingerprint density at radius 2 is 1.83 bits per heavy atom. The standard InChI is InChI=1S/C18H24N4O/c1-3-20-18(22-14(2)15-7-5-4-6-8-15)21-13-17(23)16-9-11-19-12-10-16/h4-12,14,17,23H,3,13H2,1-2H3,(H2,20,21,22). The maximum absolute atomic E-state index is 10.2.